The van der Waals surface area contributed by atoms with Gasteiger partial charge in [-0.3, -0.25) is 9.59 Å². The number of halogens is 1. The van der Waals surface area contributed by atoms with Crippen molar-refractivity contribution in [2.24, 2.45) is 0 Å². The Bertz CT molecular complexity index is 440. The Morgan fingerprint density at radius 2 is 1.76 bits per heavy atom. The third-order valence-electron chi connectivity index (χ3n) is 3.06. The molecule has 0 unspecified atom stereocenters. The van der Waals surface area contributed by atoms with Crippen molar-refractivity contribution >= 4 is 23.8 Å². The van der Waals surface area contributed by atoms with Crippen LogP contribution in [0.5, 0.6) is 0 Å². The molecule has 0 saturated heterocycles. The Labute approximate surface area is 133 Å². The van der Waals surface area contributed by atoms with Crippen LogP contribution in [-0.2, 0) is 0 Å². The summed E-state index contributed by atoms with van der Waals surface area (Å²) in [6, 6.07) is 4.97. The summed E-state index contributed by atoms with van der Waals surface area (Å²) in [7, 11) is 0. The van der Waals surface area contributed by atoms with Crippen molar-refractivity contribution in [1.82, 2.24) is 5.32 Å². The maximum absolute atomic E-state index is 11.9. The molecule has 2 rings (SSSR count). The molecule has 1 N–H and O–H groups in total. The minimum atomic E-state index is -0.153. The zero-order valence-corrected chi connectivity index (χ0v) is 14.2. The standard InChI is InChI=1S/C13H14ClNO2.2C2H6/c14-12-7-9(8-16)5-6-11(12)13(17)15-10-3-1-2-4-10;2*1-2/h5-8,10H,1-4H2,(H,15,17);2*1-2H3. The van der Waals surface area contributed by atoms with E-state index >= 15 is 0 Å². The molecule has 0 aromatic heterocycles. The summed E-state index contributed by atoms with van der Waals surface area (Å²) in [5.41, 5.74) is 0.914. The van der Waals surface area contributed by atoms with E-state index < -0.39 is 0 Å². The van der Waals surface area contributed by atoms with Gasteiger partial charge >= 0.3 is 0 Å². The van der Waals surface area contributed by atoms with Crippen molar-refractivity contribution in [2.45, 2.75) is 59.4 Å². The summed E-state index contributed by atoms with van der Waals surface area (Å²) in [5.74, 6) is -0.153. The van der Waals surface area contributed by atoms with Gasteiger partial charge in [0.1, 0.15) is 6.29 Å². The van der Waals surface area contributed by atoms with Crippen molar-refractivity contribution in [3.63, 3.8) is 0 Å². The first-order chi connectivity index (χ1) is 10.2. The molecule has 21 heavy (non-hydrogen) atoms. The van der Waals surface area contributed by atoms with Crippen LogP contribution in [0.3, 0.4) is 0 Å². The number of amides is 1. The van der Waals surface area contributed by atoms with Gasteiger partial charge in [-0.25, -0.2) is 0 Å². The molecule has 4 heteroatoms. The van der Waals surface area contributed by atoms with Crippen LogP contribution in [0.25, 0.3) is 0 Å². The lowest BCUT2D eigenvalue weighted by Crippen LogP contribution is -2.32. The van der Waals surface area contributed by atoms with Crippen LogP contribution in [-0.4, -0.2) is 18.2 Å². The zero-order valence-electron chi connectivity index (χ0n) is 13.4. The predicted molar refractivity (Wildman–Crippen MR) is 89.3 cm³/mol. The fourth-order valence-electron chi connectivity index (χ4n) is 2.12. The molecule has 0 radical (unpaired) electrons. The number of benzene rings is 1. The average Bonchev–Trinajstić information content (AvgIpc) is 3.04. The predicted octanol–water partition coefficient (Wildman–Crippen LogP) is 4.88. The van der Waals surface area contributed by atoms with E-state index in [2.05, 4.69) is 5.32 Å². The first-order valence-electron chi connectivity index (χ1n) is 7.76. The summed E-state index contributed by atoms with van der Waals surface area (Å²) in [6.45, 7) is 8.00. The lowest BCUT2D eigenvalue weighted by Gasteiger charge is -2.12. The van der Waals surface area contributed by atoms with E-state index in [0.29, 0.717) is 22.4 Å². The SMILES string of the molecule is CC.CC.O=Cc1ccc(C(=O)NC2CCCC2)c(Cl)c1. The zero-order chi connectivity index (χ0) is 16.3. The van der Waals surface area contributed by atoms with E-state index in [9.17, 15) is 9.59 Å². The van der Waals surface area contributed by atoms with Crippen LogP contribution in [0.2, 0.25) is 5.02 Å². The van der Waals surface area contributed by atoms with Gasteiger partial charge < -0.3 is 5.32 Å². The monoisotopic (exact) mass is 311 g/mol. The minimum Gasteiger partial charge on any atom is -0.349 e. The van der Waals surface area contributed by atoms with Crippen molar-refractivity contribution in [2.75, 3.05) is 0 Å². The van der Waals surface area contributed by atoms with Gasteiger partial charge in [-0.1, -0.05) is 58.2 Å². The molecule has 0 heterocycles. The Kier molecular flexibility index (Phi) is 10.6. The number of carbonyl (C=O) groups is 2. The molecule has 1 aromatic carbocycles. The number of aldehydes is 1. The van der Waals surface area contributed by atoms with E-state index in [1.165, 1.54) is 18.9 Å². The van der Waals surface area contributed by atoms with Crippen molar-refractivity contribution < 1.29 is 9.59 Å². The fraction of sp³-hybridized carbons (Fsp3) is 0.529. The van der Waals surface area contributed by atoms with E-state index in [1.807, 2.05) is 27.7 Å². The largest absolute Gasteiger partial charge is 0.349 e. The van der Waals surface area contributed by atoms with Crippen LogP contribution in [0, 0.1) is 0 Å². The van der Waals surface area contributed by atoms with E-state index in [-0.39, 0.29) is 11.9 Å². The quantitative estimate of drug-likeness (QED) is 0.809. The van der Waals surface area contributed by atoms with Gasteiger partial charge in [0.2, 0.25) is 0 Å². The Morgan fingerprint density at radius 1 is 1.19 bits per heavy atom. The first-order valence-corrected chi connectivity index (χ1v) is 8.14. The minimum absolute atomic E-state index is 0.153. The molecule has 3 nitrogen and oxygen atoms in total. The molecular weight excluding hydrogens is 286 g/mol. The molecule has 0 aliphatic heterocycles. The number of nitrogens with one attached hydrogen (secondary N) is 1. The number of carbonyl (C=O) groups excluding carboxylic acids is 2. The summed E-state index contributed by atoms with van der Waals surface area (Å²) in [4.78, 5) is 22.5. The number of hydrogen-bond donors (Lipinski definition) is 1. The smallest absolute Gasteiger partial charge is 0.253 e. The molecule has 1 amide bonds. The third kappa shape index (κ3) is 6.30. The van der Waals surface area contributed by atoms with Crippen LogP contribution in [0.15, 0.2) is 18.2 Å². The lowest BCUT2D eigenvalue weighted by atomic mass is 10.1. The maximum atomic E-state index is 11.9. The molecule has 0 spiro atoms. The van der Waals surface area contributed by atoms with Crippen LogP contribution in [0.4, 0.5) is 0 Å². The van der Waals surface area contributed by atoms with Gasteiger partial charge in [-0.05, 0) is 25.0 Å². The summed E-state index contributed by atoms with van der Waals surface area (Å²) in [6.07, 6.45) is 5.13. The highest BCUT2D eigenvalue weighted by atomic mass is 35.5. The van der Waals surface area contributed by atoms with Crippen LogP contribution >= 0.6 is 11.6 Å². The third-order valence-corrected chi connectivity index (χ3v) is 3.38. The molecule has 0 bridgehead atoms. The molecule has 1 fully saturated rings. The Balaban J connectivity index is 0.000000921. The molecule has 1 aliphatic carbocycles. The second kappa shape index (κ2) is 11.3. The van der Waals surface area contributed by atoms with Gasteiger partial charge in [-0.15, -0.1) is 0 Å². The molecule has 1 aliphatic rings. The first kappa shape index (κ1) is 19.7. The fourth-order valence-corrected chi connectivity index (χ4v) is 2.40. The summed E-state index contributed by atoms with van der Waals surface area (Å²) < 4.78 is 0. The second-order valence-corrected chi connectivity index (χ2v) is 4.72. The molecule has 0 atom stereocenters. The highest BCUT2D eigenvalue weighted by Gasteiger charge is 2.19. The lowest BCUT2D eigenvalue weighted by molar-refractivity contribution is 0.0937. The maximum Gasteiger partial charge on any atom is 0.253 e. The molecule has 118 valence electrons. The normalized spacial score (nSPS) is 13.4. The summed E-state index contributed by atoms with van der Waals surface area (Å²) >= 11 is 5.97. The molecular formula is C17H26ClNO2. The van der Waals surface area contributed by atoms with Crippen molar-refractivity contribution in [1.29, 1.82) is 0 Å². The Morgan fingerprint density at radius 3 is 2.24 bits per heavy atom. The van der Waals surface area contributed by atoms with Gasteiger partial charge in [0.25, 0.3) is 5.91 Å². The number of hydrogen-bond acceptors (Lipinski definition) is 2. The van der Waals surface area contributed by atoms with Gasteiger partial charge in [0, 0.05) is 11.6 Å². The average molecular weight is 312 g/mol. The van der Waals surface area contributed by atoms with Gasteiger partial charge in [-0.2, -0.15) is 0 Å². The Hall–Kier alpha value is -1.35. The van der Waals surface area contributed by atoms with E-state index in [1.54, 1.807) is 12.1 Å². The van der Waals surface area contributed by atoms with Crippen LogP contribution < -0.4 is 5.32 Å². The van der Waals surface area contributed by atoms with Crippen molar-refractivity contribution in [3.05, 3.63) is 34.3 Å². The summed E-state index contributed by atoms with van der Waals surface area (Å²) in [5, 5.41) is 3.29. The van der Waals surface area contributed by atoms with E-state index in [4.69, 9.17) is 11.6 Å². The van der Waals surface area contributed by atoms with Crippen molar-refractivity contribution in [3.8, 4) is 0 Å². The van der Waals surface area contributed by atoms with E-state index in [0.717, 1.165) is 12.8 Å². The topological polar surface area (TPSA) is 46.2 Å². The highest BCUT2D eigenvalue weighted by molar-refractivity contribution is 6.34. The number of rotatable bonds is 3. The van der Waals surface area contributed by atoms with Crippen LogP contribution in [0.1, 0.15) is 74.1 Å². The van der Waals surface area contributed by atoms with Gasteiger partial charge in [0.05, 0.1) is 10.6 Å². The molecule has 1 saturated carbocycles. The highest BCUT2D eigenvalue weighted by Crippen LogP contribution is 2.21. The van der Waals surface area contributed by atoms with Gasteiger partial charge in [0.15, 0.2) is 0 Å². The second-order valence-electron chi connectivity index (χ2n) is 4.31. The molecule has 1 aromatic rings.